The van der Waals surface area contributed by atoms with E-state index in [9.17, 15) is 9.59 Å². The van der Waals surface area contributed by atoms with Crippen LogP contribution in [0.5, 0.6) is 5.75 Å². The number of benzene rings is 1. The molecule has 0 unspecified atom stereocenters. The van der Waals surface area contributed by atoms with Crippen LogP contribution in [0.15, 0.2) is 41.1 Å². The van der Waals surface area contributed by atoms with Crippen molar-refractivity contribution in [2.24, 2.45) is 0 Å². The van der Waals surface area contributed by atoms with Crippen molar-refractivity contribution in [1.29, 1.82) is 0 Å². The number of carboxylic acids is 1. The maximum Gasteiger partial charge on any atom is 0.337 e. The molecule has 6 nitrogen and oxygen atoms in total. The Balaban J connectivity index is 2.36. The number of halogens is 1. The number of nitrogens with one attached hydrogen (secondary N) is 1. The lowest BCUT2D eigenvalue weighted by atomic mass is 10.1. The van der Waals surface area contributed by atoms with Gasteiger partial charge in [0.2, 0.25) is 0 Å². The van der Waals surface area contributed by atoms with Gasteiger partial charge in [0.15, 0.2) is 0 Å². The number of methoxy groups -OCH3 is 1. The third kappa shape index (κ3) is 3.38. The van der Waals surface area contributed by atoms with Crippen molar-refractivity contribution in [3.63, 3.8) is 0 Å². The standard InChI is InChI=1S/C14H11BrN2O4/c1-21-12-7-16-5-4-10(12)13(18)17-11-6-8(15)2-3-9(11)14(19)20/h2-7H,1H3,(H,17,18)(H,19,20). The highest BCUT2D eigenvalue weighted by Crippen LogP contribution is 2.24. The number of carbonyl (C=O) groups excluding carboxylic acids is 1. The summed E-state index contributed by atoms with van der Waals surface area (Å²) < 4.78 is 5.71. The van der Waals surface area contributed by atoms with Crippen LogP contribution in [0.4, 0.5) is 5.69 Å². The predicted molar refractivity (Wildman–Crippen MR) is 79.8 cm³/mol. The van der Waals surface area contributed by atoms with Crippen molar-refractivity contribution in [2.45, 2.75) is 0 Å². The molecule has 2 aromatic rings. The first-order valence-electron chi connectivity index (χ1n) is 5.85. The average molecular weight is 351 g/mol. The van der Waals surface area contributed by atoms with Gasteiger partial charge in [0, 0.05) is 10.7 Å². The van der Waals surface area contributed by atoms with E-state index < -0.39 is 11.9 Å². The van der Waals surface area contributed by atoms with E-state index >= 15 is 0 Å². The van der Waals surface area contributed by atoms with E-state index in [-0.39, 0.29) is 16.8 Å². The first-order valence-corrected chi connectivity index (χ1v) is 6.64. The Kier molecular flexibility index (Phi) is 4.54. The van der Waals surface area contributed by atoms with Crippen molar-refractivity contribution >= 4 is 33.5 Å². The summed E-state index contributed by atoms with van der Waals surface area (Å²) in [6.07, 6.45) is 2.87. The average Bonchev–Trinajstić information content (AvgIpc) is 2.46. The summed E-state index contributed by atoms with van der Waals surface area (Å²) in [6.45, 7) is 0. The van der Waals surface area contributed by atoms with Gasteiger partial charge in [-0.15, -0.1) is 0 Å². The minimum absolute atomic E-state index is 0.000395. The fraction of sp³-hybridized carbons (Fsp3) is 0.0714. The van der Waals surface area contributed by atoms with Crippen molar-refractivity contribution in [2.75, 3.05) is 12.4 Å². The number of nitrogens with zero attached hydrogens (tertiary/aromatic N) is 1. The summed E-state index contributed by atoms with van der Waals surface area (Å²) in [4.78, 5) is 27.3. The zero-order valence-electron chi connectivity index (χ0n) is 11.0. The van der Waals surface area contributed by atoms with Gasteiger partial charge >= 0.3 is 5.97 Å². The topological polar surface area (TPSA) is 88.5 Å². The number of aromatic carboxylic acids is 1. The number of pyridine rings is 1. The molecule has 7 heteroatoms. The Morgan fingerprint density at radius 1 is 1.29 bits per heavy atom. The van der Waals surface area contributed by atoms with E-state index in [0.717, 1.165) is 0 Å². The highest BCUT2D eigenvalue weighted by atomic mass is 79.9. The van der Waals surface area contributed by atoms with E-state index in [4.69, 9.17) is 9.84 Å². The van der Waals surface area contributed by atoms with Crippen molar-refractivity contribution in [1.82, 2.24) is 4.98 Å². The molecular weight excluding hydrogens is 340 g/mol. The lowest BCUT2D eigenvalue weighted by Gasteiger charge is -2.11. The lowest BCUT2D eigenvalue weighted by molar-refractivity contribution is 0.0698. The first-order chi connectivity index (χ1) is 10.0. The second-order valence-electron chi connectivity index (χ2n) is 4.03. The molecule has 108 valence electrons. The van der Waals surface area contributed by atoms with Gasteiger partial charge in [0.25, 0.3) is 5.91 Å². The van der Waals surface area contributed by atoms with Crippen LogP contribution in [-0.4, -0.2) is 29.1 Å². The Bertz CT molecular complexity index is 703. The van der Waals surface area contributed by atoms with Crippen LogP contribution in [0.1, 0.15) is 20.7 Å². The Hall–Kier alpha value is -2.41. The summed E-state index contributed by atoms with van der Waals surface area (Å²) in [5.74, 6) is -1.30. The van der Waals surface area contributed by atoms with E-state index in [1.807, 2.05) is 0 Å². The van der Waals surface area contributed by atoms with Gasteiger partial charge in [-0.1, -0.05) is 15.9 Å². The maximum atomic E-state index is 12.3. The summed E-state index contributed by atoms with van der Waals surface area (Å²) in [5.41, 5.74) is 0.462. The molecule has 0 fully saturated rings. The molecule has 0 aliphatic carbocycles. The van der Waals surface area contributed by atoms with Crippen LogP contribution in [0.2, 0.25) is 0 Å². The summed E-state index contributed by atoms with van der Waals surface area (Å²) >= 11 is 3.24. The SMILES string of the molecule is COc1cnccc1C(=O)Nc1cc(Br)ccc1C(=O)O. The number of carbonyl (C=O) groups is 2. The third-order valence-corrected chi connectivity index (χ3v) is 3.20. The number of anilines is 1. The molecule has 1 heterocycles. The summed E-state index contributed by atoms with van der Waals surface area (Å²) in [6, 6.07) is 6.01. The van der Waals surface area contributed by atoms with Gasteiger partial charge in [-0.05, 0) is 24.3 Å². The quantitative estimate of drug-likeness (QED) is 0.884. The molecule has 0 atom stereocenters. The number of carboxylic acid groups (broad SMARTS) is 1. The largest absolute Gasteiger partial charge is 0.494 e. The number of rotatable bonds is 4. The molecule has 1 amide bonds. The molecule has 1 aromatic heterocycles. The van der Waals surface area contributed by atoms with Crippen LogP contribution < -0.4 is 10.1 Å². The van der Waals surface area contributed by atoms with Crippen LogP contribution >= 0.6 is 15.9 Å². The minimum Gasteiger partial charge on any atom is -0.494 e. The van der Waals surface area contributed by atoms with Crippen molar-refractivity contribution in [3.8, 4) is 5.75 Å². The molecule has 1 aromatic carbocycles. The Labute approximate surface area is 128 Å². The maximum absolute atomic E-state index is 12.3. The third-order valence-electron chi connectivity index (χ3n) is 2.71. The number of amides is 1. The van der Waals surface area contributed by atoms with Gasteiger partial charge in [-0.3, -0.25) is 9.78 Å². The Morgan fingerprint density at radius 2 is 2.05 bits per heavy atom. The second kappa shape index (κ2) is 6.36. The van der Waals surface area contributed by atoms with Gasteiger partial charge in [0.05, 0.1) is 30.1 Å². The van der Waals surface area contributed by atoms with Crippen molar-refractivity contribution in [3.05, 3.63) is 52.3 Å². The summed E-state index contributed by atoms with van der Waals surface area (Å²) in [7, 11) is 1.43. The van der Waals surface area contributed by atoms with Crippen LogP contribution in [0.25, 0.3) is 0 Å². The predicted octanol–water partition coefficient (Wildman–Crippen LogP) is 2.80. The molecule has 0 spiro atoms. The lowest BCUT2D eigenvalue weighted by Crippen LogP contribution is -2.16. The highest BCUT2D eigenvalue weighted by molar-refractivity contribution is 9.10. The molecule has 0 bridgehead atoms. The second-order valence-corrected chi connectivity index (χ2v) is 4.94. The van der Waals surface area contributed by atoms with Gasteiger partial charge in [0.1, 0.15) is 5.75 Å². The smallest absolute Gasteiger partial charge is 0.337 e. The van der Waals surface area contributed by atoms with Crippen molar-refractivity contribution < 1.29 is 19.4 Å². The molecule has 2 rings (SSSR count). The molecule has 21 heavy (non-hydrogen) atoms. The number of hydrogen-bond donors (Lipinski definition) is 2. The normalized spacial score (nSPS) is 10.0. The zero-order valence-corrected chi connectivity index (χ0v) is 12.5. The number of ether oxygens (including phenoxy) is 1. The molecule has 0 aliphatic heterocycles. The van der Waals surface area contributed by atoms with E-state index in [1.165, 1.54) is 37.7 Å². The molecule has 0 saturated heterocycles. The van der Waals surface area contributed by atoms with Crippen LogP contribution in [-0.2, 0) is 0 Å². The molecular formula is C14H11BrN2O4. The molecule has 2 N–H and O–H groups in total. The van der Waals surface area contributed by atoms with Gasteiger partial charge in [-0.25, -0.2) is 4.79 Å². The van der Waals surface area contributed by atoms with Gasteiger partial charge in [-0.2, -0.15) is 0 Å². The van der Waals surface area contributed by atoms with E-state index in [1.54, 1.807) is 6.07 Å². The number of aromatic nitrogens is 1. The summed E-state index contributed by atoms with van der Waals surface area (Å²) in [5, 5.41) is 11.7. The molecule has 0 saturated carbocycles. The monoisotopic (exact) mass is 350 g/mol. The minimum atomic E-state index is -1.13. The Morgan fingerprint density at radius 3 is 2.71 bits per heavy atom. The van der Waals surface area contributed by atoms with E-state index in [0.29, 0.717) is 10.2 Å². The first kappa shape index (κ1) is 15.0. The zero-order chi connectivity index (χ0) is 15.4. The molecule has 0 radical (unpaired) electrons. The van der Waals surface area contributed by atoms with E-state index in [2.05, 4.69) is 26.2 Å². The fourth-order valence-corrected chi connectivity index (χ4v) is 2.09. The fourth-order valence-electron chi connectivity index (χ4n) is 1.73. The van der Waals surface area contributed by atoms with Gasteiger partial charge < -0.3 is 15.2 Å². The number of hydrogen-bond acceptors (Lipinski definition) is 4. The molecule has 0 aliphatic rings. The van der Waals surface area contributed by atoms with Crippen LogP contribution in [0, 0.1) is 0 Å². The van der Waals surface area contributed by atoms with Crippen LogP contribution in [0.3, 0.4) is 0 Å². The highest BCUT2D eigenvalue weighted by Gasteiger charge is 2.16.